The molecule has 0 spiro atoms. The van der Waals surface area contributed by atoms with Crippen molar-refractivity contribution in [3.05, 3.63) is 0 Å². The molecule has 0 aromatic carbocycles. The fourth-order valence-corrected chi connectivity index (χ4v) is 0.845. The summed E-state index contributed by atoms with van der Waals surface area (Å²) >= 11 is 0. The van der Waals surface area contributed by atoms with Crippen molar-refractivity contribution in [3.8, 4) is 0 Å². The zero-order valence-electron chi connectivity index (χ0n) is 8.89. The van der Waals surface area contributed by atoms with Crippen molar-refractivity contribution in [2.75, 3.05) is 39.8 Å². The number of nitrogens with zero attached hydrogens (tertiary/aromatic N) is 1. The van der Waals surface area contributed by atoms with Crippen LogP contribution >= 0.6 is 0 Å². The Morgan fingerprint density at radius 1 is 1.38 bits per heavy atom. The van der Waals surface area contributed by atoms with E-state index in [-0.39, 0.29) is 5.91 Å². The van der Waals surface area contributed by atoms with Gasteiger partial charge in [-0.05, 0) is 20.1 Å². The van der Waals surface area contributed by atoms with E-state index in [1.165, 1.54) is 0 Å². The van der Waals surface area contributed by atoms with E-state index in [0.29, 0.717) is 6.54 Å². The van der Waals surface area contributed by atoms with Gasteiger partial charge in [-0.3, -0.25) is 4.79 Å². The zero-order chi connectivity index (χ0) is 10.1. The highest BCUT2D eigenvalue weighted by molar-refractivity contribution is 5.77. The van der Waals surface area contributed by atoms with Gasteiger partial charge in [0.15, 0.2) is 0 Å². The van der Waals surface area contributed by atoms with Crippen molar-refractivity contribution in [3.63, 3.8) is 0 Å². The van der Waals surface area contributed by atoms with E-state index in [9.17, 15) is 4.79 Å². The minimum absolute atomic E-state index is 0.0753. The summed E-state index contributed by atoms with van der Waals surface area (Å²) in [6.07, 6.45) is 0. The molecular formula is C9H21N3O. The molecule has 0 rings (SSSR count). The summed E-state index contributed by atoms with van der Waals surface area (Å²) in [7, 11) is 2.04. The molecule has 0 aromatic heterocycles. The molecule has 0 aromatic rings. The van der Waals surface area contributed by atoms with E-state index in [2.05, 4.69) is 22.5 Å². The average molecular weight is 187 g/mol. The molecule has 0 heterocycles. The van der Waals surface area contributed by atoms with Crippen LogP contribution in [0.4, 0.5) is 0 Å². The number of nitrogens with one attached hydrogen (secondary N) is 2. The molecule has 0 aliphatic rings. The van der Waals surface area contributed by atoms with Crippen LogP contribution in [0.1, 0.15) is 13.8 Å². The largest absolute Gasteiger partial charge is 0.354 e. The van der Waals surface area contributed by atoms with Crippen LogP contribution in [0, 0.1) is 0 Å². The second-order valence-corrected chi connectivity index (χ2v) is 3.03. The molecule has 4 nitrogen and oxygen atoms in total. The Bertz CT molecular complexity index is 139. The van der Waals surface area contributed by atoms with Gasteiger partial charge in [0.25, 0.3) is 0 Å². The van der Waals surface area contributed by atoms with Crippen molar-refractivity contribution < 1.29 is 4.79 Å². The third-order valence-electron chi connectivity index (χ3n) is 1.89. The predicted molar refractivity (Wildman–Crippen MR) is 54.7 cm³/mol. The molecule has 0 fully saturated rings. The highest BCUT2D eigenvalue weighted by atomic mass is 16.1. The topological polar surface area (TPSA) is 44.4 Å². The monoisotopic (exact) mass is 187 g/mol. The van der Waals surface area contributed by atoms with Crippen LogP contribution < -0.4 is 10.6 Å². The molecule has 0 atom stereocenters. The van der Waals surface area contributed by atoms with Crippen LogP contribution in [0.15, 0.2) is 0 Å². The molecule has 0 saturated carbocycles. The average Bonchev–Trinajstić information content (AvgIpc) is 2.14. The van der Waals surface area contributed by atoms with Gasteiger partial charge in [-0.1, -0.05) is 13.8 Å². The van der Waals surface area contributed by atoms with E-state index in [4.69, 9.17) is 0 Å². The minimum atomic E-state index is 0.0753. The number of likely N-dealkylation sites (N-methyl/N-ethyl adjacent to an activating group) is 2. The lowest BCUT2D eigenvalue weighted by atomic mass is 10.5. The Balaban J connectivity index is 3.26. The predicted octanol–water partition coefficient (Wildman–Crippen LogP) is -0.336. The Kier molecular flexibility index (Phi) is 7.63. The van der Waals surface area contributed by atoms with E-state index in [1.807, 2.05) is 14.0 Å². The maximum atomic E-state index is 11.1. The van der Waals surface area contributed by atoms with Gasteiger partial charge in [0.2, 0.25) is 5.91 Å². The molecular weight excluding hydrogens is 166 g/mol. The van der Waals surface area contributed by atoms with Gasteiger partial charge in [0.05, 0.1) is 6.54 Å². The smallest absolute Gasteiger partial charge is 0.234 e. The second-order valence-electron chi connectivity index (χ2n) is 3.03. The SMILES string of the molecule is CCNCC(=O)NCCN(C)CC. The number of carbonyl (C=O) groups is 1. The molecule has 78 valence electrons. The van der Waals surface area contributed by atoms with Gasteiger partial charge < -0.3 is 15.5 Å². The molecule has 0 aliphatic heterocycles. The standard InChI is InChI=1S/C9H21N3O/c1-4-10-8-9(13)11-6-7-12(3)5-2/h10H,4-8H2,1-3H3,(H,11,13). The molecule has 0 saturated heterocycles. The lowest BCUT2D eigenvalue weighted by Crippen LogP contribution is -2.38. The Labute approximate surface area is 80.7 Å². The summed E-state index contributed by atoms with van der Waals surface area (Å²) in [4.78, 5) is 13.2. The molecule has 13 heavy (non-hydrogen) atoms. The zero-order valence-corrected chi connectivity index (χ0v) is 8.89. The fraction of sp³-hybridized carbons (Fsp3) is 0.889. The van der Waals surface area contributed by atoms with Gasteiger partial charge in [-0.15, -0.1) is 0 Å². The van der Waals surface area contributed by atoms with Gasteiger partial charge >= 0.3 is 0 Å². The second kappa shape index (κ2) is 8.01. The van der Waals surface area contributed by atoms with Gasteiger partial charge in [-0.25, -0.2) is 0 Å². The van der Waals surface area contributed by atoms with Crippen LogP contribution in [0.5, 0.6) is 0 Å². The van der Waals surface area contributed by atoms with Gasteiger partial charge in [0, 0.05) is 13.1 Å². The first kappa shape index (κ1) is 12.4. The highest BCUT2D eigenvalue weighted by Crippen LogP contribution is 1.77. The molecule has 4 heteroatoms. The summed E-state index contributed by atoms with van der Waals surface area (Å²) in [5.41, 5.74) is 0. The summed E-state index contributed by atoms with van der Waals surface area (Å²) in [6, 6.07) is 0. The van der Waals surface area contributed by atoms with Crippen LogP contribution in [-0.4, -0.2) is 50.6 Å². The molecule has 2 N–H and O–H groups in total. The van der Waals surface area contributed by atoms with Crippen LogP contribution in [0.3, 0.4) is 0 Å². The lowest BCUT2D eigenvalue weighted by molar-refractivity contribution is -0.120. The Morgan fingerprint density at radius 3 is 2.62 bits per heavy atom. The molecule has 0 unspecified atom stereocenters. The fourth-order valence-electron chi connectivity index (χ4n) is 0.845. The number of amides is 1. The summed E-state index contributed by atoms with van der Waals surface area (Å²) < 4.78 is 0. The van der Waals surface area contributed by atoms with E-state index in [1.54, 1.807) is 0 Å². The normalized spacial score (nSPS) is 10.5. The molecule has 0 aliphatic carbocycles. The third kappa shape index (κ3) is 7.74. The summed E-state index contributed by atoms with van der Waals surface area (Å²) in [6.45, 7) is 8.00. The van der Waals surface area contributed by atoms with Crippen molar-refractivity contribution in [1.29, 1.82) is 0 Å². The quantitative estimate of drug-likeness (QED) is 0.573. The Morgan fingerprint density at radius 2 is 2.08 bits per heavy atom. The Hall–Kier alpha value is -0.610. The van der Waals surface area contributed by atoms with Crippen LogP contribution in [-0.2, 0) is 4.79 Å². The van der Waals surface area contributed by atoms with Crippen molar-refractivity contribution >= 4 is 5.91 Å². The number of hydrogen-bond acceptors (Lipinski definition) is 3. The first-order chi connectivity index (χ1) is 6.20. The van der Waals surface area contributed by atoms with Crippen molar-refractivity contribution in [2.45, 2.75) is 13.8 Å². The first-order valence-electron chi connectivity index (χ1n) is 4.86. The number of rotatable bonds is 7. The maximum absolute atomic E-state index is 11.1. The van der Waals surface area contributed by atoms with E-state index < -0.39 is 0 Å². The third-order valence-corrected chi connectivity index (χ3v) is 1.89. The van der Waals surface area contributed by atoms with E-state index in [0.717, 1.165) is 26.2 Å². The molecule has 0 radical (unpaired) electrons. The van der Waals surface area contributed by atoms with Crippen LogP contribution in [0.2, 0.25) is 0 Å². The maximum Gasteiger partial charge on any atom is 0.234 e. The first-order valence-corrected chi connectivity index (χ1v) is 4.86. The molecule has 1 amide bonds. The number of carbonyl (C=O) groups excluding carboxylic acids is 1. The van der Waals surface area contributed by atoms with Crippen LogP contribution in [0.25, 0.3) is 0 Å². The summed E-state index contributed by atoms with van der Waals surface area (Å²) in [5, 5.41) is 5.81. The summed E-state index contributed by atoms with van der Waals surface area (Å²) in [5.74, 6) is 0.0753. The highest BCUT2D eigenvalue weighted by Gasteiger charge is 1.99. The van der Waals surface area contributed by atoms with Gasteiger partial charge in [-0.2, -0.15) is 0 Å². The van der Waals surface area contributed by atoms with E-state index >= 15 is 0 Å². The lowest BCUT2D eigenvalue weighted by Gasteiger charge is -2.13. The van der Waals surface area contributed by atoms with Crippen molar-refractivity contribution in [2.24, 2.45) is 0 Å². The molecule has 0 bridgehead atoms. The number of hydrogen-bond donors (Lipinski definition) is 2. The minimum Gasteiger partial charge on any atom is -0.354 e. The van der Waals surface area contributed by atoms with Gasteiger partial charge in [0.1, 0.15) is 0 Å². The van der Waals surface area contributed by atoms with Crippen molar-refractivity contribution in [1.82, 2.24) is 15.5 Å².